The van der Waals surface area contributed by atoms with E-state index in [1.54, 1.807) is 0 Å². The van der Waals surface area contributed by atoms with Crippen LogP contribution in [0.1, 0.15) is 12.8 Å². The van der Waals surface area contributed by atoms with Crippen LogP contribution in [-0.4, -0.2) is 29.9 Å². The highest BCUT2D eigenvalue weighted by Crippen LogP contribution is 2.35. The second kappa shape index (κ2) is 5.63. The summed E-state index contributed by atoms with van der Waals surface area (Å²) in [7, 11) is 0. The quantitative estimate of drug-likeness (QED) is 0.931. The molecule has 114 valence electrons. The van der Waals surface area contributed by atoms with Crippen molar-refractivity contribution >= 4 is 17.6 Å². The predicted molar refractivity (Wildman–Crippen MR) is 65.8 cm³/mol. The zero-order chi connectivity index (χ0) is 15.6. The molecule has 21 heavy (non-hydrogen) atoms. The molecule has 1 heterocycles. The first-order valence-corrected chi connectivity index (χ1v) is 6.16. The van der Waals surface area contributed by atoms with Crippen LogP contribution in [0.5, 0.6) is 5.75 Å². The van der Waals surface area contributed by atoms with Crippen LogP contribution >= 0.6 is 0 Å². The second-order valence-corrected chi connectivity index (χ2v) is 4.59. The van der Waals surface area contributed by atoms with E-state index in [1.165, 1.54) is 18.2 Å². The maximum Gasteiger partial charge on any atom is 0.573 e. The molecule has 0 saturated carbocycles. The van der Waals surface area contributed by atoms with E-state index >= 15 is 0 Å². The Kier molecular flexibility index (Phi) is 4.06. The number of para-hydroxylation sites is 2. The SMILES string of the molecule is O=C(O)C1CCC(=O)N(c2ccccc2OC(F)(F)F)C1. The summed E-state index contributed by atoms with van der Waals surface area (Å²) in [6.07, 6.45) is -4.74. The van der Waals surface area contributed by atoms with Crippen LogP contribution < -0.4 is 9.64 Å². The summed E-state index contributed by atoms with van der Waals surface area (Å²) >= 11 is 0. The Labute approximate surface area is 117 Å². The van der Waals surface area contributed by atoms with E-state index in [0.717, 1.165) is 11.0 Å². The number of carboxylic acid groups (broad SMARTS) is 1. The molecule has 1 aliphatic rings. The summed E-state index contributed by atoms with van der Waals surface area (Å²) in [5.41, 5.74) is -0.0780. The molecule has 0 spiro atoms. The van der Waals surface area contributed by atoms with Gasteiger partial charge in [0.1, 0.15) is 0 Å². The molecule has 1 amide bonds. The molecule has 2 rings (SSSR count). The lowest BCUT2D eigenvalue weighted by Gasteiger charge is -2.31. The molecule has 0 aromatic heterocycles. The number of aliphatic carboxylic acids is 1. The van der Waals surface area contributed by atoms with Crippen molar-refractivity contribution < 1.29 is 32.6 Å². The fourth-order valence-electron chi connectivity index (χ4n) is 2.17. The first kappa shape index (κ1) is 15.1. The number of carboxylic acids is 1. The fourth-order valence-corrected chi connectivity index (χ4v) is 2.17. The van der Waals surface area contributed by atoms with Crippen LogP contribution in [0.3, 0.4) is 0 Å². The summed E-state index contributed by atoms with van der Waals surface area (Å²) in [6.45, 7) is -0.174. The molecule has 5 nitrogen and oxygen atoms in total. The number of carbonyl (C=O) groups is 2. The van der Waals surface area contributed by atoms with Gasteiger partial charge in [0, 0.05) is 13.0 Å². The highest BCUT2D eigenvalue weighted by atomic mass is 19.4. The van der Waals surface area contributed by atoms with Crippen molar-refractivity contribution in [2.45, 2.75) is 19.2 Å². The number of rotatable bonds is 3. The van der Waals surface area contributed by atoms with Crippen molar-refractivity contribution in [3.8, 4) is 5.75 Å². The monoisotopic (exact) mass is 303 g/mol. The maximum atomic E-state index is 12.4. The highest BCUT2D eigenvalue weighted by Gasteiger charge is 2.36. The molecular weight excluding hydrogens is 291 g/mol. The van der Waals surface area contributed by atoms with Gasteiger partial charge in [-0.05, 0) is 18.6 Å². The normalized spacial score (nSPS) is 19.5. The second-order valence-electron chi connectivity index (χ2n) is 4.59. The van der Waals surface area contributed by atoms with E-state index in [9.17, 15) is 22.8 Å². The lowest BCUT2D eigenvalue weighted by atomic mass is 9.97. The Morgan fingerprint density at radius 1 is 1.33 bits per heavy atom. The Hall–Kier alpha value is -2.25. The van der Waals surface area contributed by atoms with Crippen LogP contribution in [0.25, 0.3) is 0 Å². The van der Waals surface area contributed by atoms with E-state index in [-0.39, 0.29) is 25.1 Å². The minimum atomic E-state index is -4.89. The number of halogens is 3. The molecule has 1 N–H and O–H groups in total. The smallest absolute Gasteiger partial charge is 0.481 e. The fraction of sp³-hybridized carbons (Fsp3) is 0.385. The molecule has 1 atom stereocenters. The third kappa shape index (κ3) is 3.65. The molecule has 1 aromatic rings. The number of amides is 1. The summed E-state index contributed by atoms with van der Waals surface area (Å²) in [5.74, 6) is -2.83. The lowest BCUT2D eigenvalue weighted by molar-refractivity contribution is -0.274. The first-order chi connectivity index (χ1) is 9.78. The topological polar surface area (TPSA) is 66.8 Å². The number of alkyl halides is 3. The molecule has 1 aliphatic heterocycles. The van der Waals surface area contributed by atoms with Crippen molar-refractivity contribution in [1.82, 2.24) is 0 Å². The van der Waals surface area contributed by atoms with Gasteiger partial charge in [0.15, 0.2) is 5.75 Å². The Bertz CT molecular complexity index is 559. The minimum Gasteiger partial charge on any atom is -0.481 e. The lowest BCUT2D eigenvalue weighted by Crippen LogP contribution is -2.43. The number of hydrogen-bond donors (Lipinski definition) is 1. The van der Waals surface area contributed by atoms with Crippen molar-refractivity contribution in [2.75, 3.05) is 11.4 Å². The van der Waals surface area contributed by atoms with Gasteiger partial charge in [-0.2, -0.15) is 0 Å². The predicted octanol–water partition coefficient (Wildman–Crippen LogP) is 2.41. The third-order valence-electron chi connectivity index (χ3n) is 3.14. The molecule has 8 heteroatoms. The van der Waals surface area contributed by atoms with Crippen molar-refractivity contribution in [2.24, 2.45) is 5.92 Å². The summed E-state index contributed by atoms with van der Waals surface area (Å²) in [6, 6.07) is 5.17. The standard InChI is InChI=1S/C13H12F3NO4/c14-13(15,16)21-10-4-2-1-3-9(10)17-7-8(12(19)20)5-6-11(17)18/h1-4,8H,5-7H2,(H,19,20). The van der Waals surface area contributed by atoms with E-state index in [0.29, 0.717) is 0 Å². The van der Waals surface area contributed by atoms with Crippen LogP contribution in [0.15, 0.2) is 24.3 Å². The average molecular weight is 303 g/mol. The average Bonchev–Trinajstić information content (AvgIpc) is 2.38. The number of hydrogen-bond acceptors (Lipinski definition) is 3. The van der Waals surface area contributed by atoms with Crippen LogP contribution in [0.4, 0.5) is 18.9 Å². The van der Waals surface area contributed by atoms with Gasteiger partial charge in [-0.1, -0.05) is 12.1 Å². The molecule has 1 aromatic carbocycles. The zero-order valence-corrected chi connectivity index (χ0v) is 10.8. The molecule has 0 bridgehead atoms. The van der Waals surface area contributed by atoms with E-state index < -0.39 is 29.9 Å². The molecule has 1 unspecified atom stereocenters. The first-order valence-electron chi connectivity index (χ1n) is 6.16. The van der Waals surface area contributed by atoms with Crippen molar-refractivity contribution in [3.05, 3.63) is 24.3 Å². The number of ether oxygens (including phenoxy) is 1. The number of piperidine rings is 1. The largest absolute Gasteiger partial charge is 0.573 e. The van der Waals surface area contributed by atoms with E-state index in [4.69, 9.17) is 5.11 Å². The summed E-state index contributed by atoms with van der Waals surface area (Å²) < 4.78 is 41.0. The van der Waals surface area contributed by atoms with E-state index in [2.05, 4.69) is 4.74 Å². The Balaban J connectivity index is 2.31. The van der Waals surface area contributed by atoms with Crippen LogP contribution in [0, 0.1) is 5.92 Å². The van der Waals surface area contributed by atoms with Gasteiger partial charge in [-0.3, -0.25) is 9.59 Å². The Morgan fingerprint density at radius 3 is 2.62 bits per heavy atom. The van der Waals surface area contributed by atoms with Gasteiger partial charge in [0.2, 0.25) is 5.91 Å². The highest BCUT2D eigenvalue weighted by molar-refractivity contribution is 5.96. The van der Waals surface area contributed by atoms with Gasteiger partial charge >= 0.3 is 12.3 Å². The number of carbonyl (C=O) groups excluding carboxylic acids is 1. The summed E-state index contributed by atoms with van der Waals surface area (Å²) in [4.78, 5) is 23.9. The van der Waals surface area contributed by atoms with Crippen molar-refractivity contribution in [3.63, 3.8) is 0 Å². The van der Waals surface area contributed by atoms with Crippen LogP contribution in [-0.2, 0) is 9.59 Å². The zero-order valence-electron chi connectivity index (χ0n) is 10.8. The Morgan fingerprint density at radius 2 is 2.00 bits per heavy atom. The molecule has 1 fully saturated rings. The number of benzene rings is 1. The van der Waals surface area contributed by atoms with Crippen LogP contribution in [0.2, 0.25) is 0 Å². The van der Waals surface area contributed by atoms with Gasteiger partial charge < -0.3 is 14.7 Å². The molecule has 0 aliphatic carbocycles. The number of anilines is 1. The van der Waals surface area contributed by atoms with Gasteiger partial charge in [-0.25, -0.2) is 0 Å². The van der Waals surface area contributed by atoms with Gasteiger partial charge in [-0.15, -0.1) is 13.2 Å². The number of nitrogens with zero attached hydrogens (tertiary/aromatic N) is 1. The minimum absolute atomic E-state index is 0.0304. The van der Waals surface area contributed by atoms with Crippen molar-refractivity contribution in [1.29, 1.82) is 0 Å². The summed E-state index contributed by atoms with van der Waals surface area (Å²) in [5, 5.41) is 9.00. The molecule has 0 radical (unpaired) electrons. The maximum absolute atomic E-state index is 12.4. The molecule has 1 saturated heterocycles. The van der Waals surface area contributed by atoms with Gasteiger partial charge in [0.25, 0.3) is 0 Å². The van der Waals surface area contributed by atoms with E-state index in [1.807, 2.05) is 0 Å². The third-order valence-corrected chi connectivity index (χ3v) is 3.14. The molecular formula is C13H12F3NO4. The van der Waals surface area contributed by atoms with Gasteiger partial charge in [0.05, 0.1) is 11.6 Å².